The molecule has 1 atom stereocenters. The normalized spacial score (nSPS) is 19.9. The van der Waals surface area contributed by atoms with Crippen LogP contribution in [0.5, 0.6) is 0 Å². The number of para-hydroxylation sites is 1. The van der Waals surface area contributed by atoms with Crippen LogP contribution in [0.1, 0.15) is 40.7 Å². The fourth-order valence-electron chi connectivity index (χ4n) is 4.18. The minimum Gasteiger partial charge on any atom is -0.368 e. The molecule has 0 saturated carbocycles. The van der Waals surface area contributed by atoms with E-state index >= 15 is 0 Å². The molecule has 0 spiro atoms. The molecule has 152 valence electrons. The molecule has 2 saturated heterocycles. The number of pyridine rings is 1. The minimum absolute atomic E-state index is 0.0694. The number of piperidine rings is 1. The topological polar surface area (TPSA) is 56.8 Å². The molecule has 2 amide bonds. The van der Waals surface area contributed by atoms with E-state index in [9.17, 15) is 9.59 Å². The molecule has 1 aromatic heterocycles. The Morgan fingerprint density at radius 2 is 1.48 bits per heavy atom. The van der Waals surface area contributed by atoms with E-state index in [4.69, 9.17) is 0 Å². The van der Waals surface area contributed by atoms with Gasteiger partial charge in [-0.15, -0.1) is 0 Å². The highest BCUT2D eigenvalue weighted by atomic mass is 16.2. The van der Waals surface area contributed by atoms with Gasteiger partial charge in [0.1, 0.15) is 11.4 Å². The number of amides is 2. The third-order valence-electron chi connectivity index (χ3n) is 5.82. The molecule has 3 heterocycles. The van der Waals surface area contributed by atoms with Gasteiger partial charge in [0.2, 0.25) is 0 Å². The van der Waals surface area contributed by atoms with Gasteiger partial charge in [-0.3, -0.25) is 9.59 Å². The monoisotopic (exact) mass is 392 g/mol. The average Bonchev–Trinajstić information content (AvgIpc) is 2.79. The van der Waals surface area contributed by atoms with Crippen LogP contribution in [-0.2, 0) is 0 Å². The minimum atomic E-state index is -0.0978. The Morgan fingerprint density at radius 3 is 2.14 bits per heavy atom. The first-order chi connectivity index (χ1) is 14.1. The predicted octanol–water partition coefficient (Wildman–Crippen LogP) is 2.92. The number of likely N-dealkylation sites (tertiary alicyclic amines) is 1. The van der Waals surface area contributed by atoms with Crippen molar-refractivity contribution in [3.05, 3.63) is 59.9 Å². The number of carbonyl (C=O) groups excluding carboxylic acids is 2. The van der Waals surface area contributed by atoms with Gasteiger partial charge >= 0.3 is 0 Å². The highest BCUT2D eigenvalue weighted by molar-refractivity contribution is 5.96. The van der Waals surface area contributed by atoms with E-state index in [2.05, 4.69) is 28.9 Å². The van der Waals surface area contributed by atoms with Crippen molar-refractivity contribution in [2.24, 2.45) is 5.92 Å². The largest absolute Gasteiger partial charge is 0.368 e. The zero-order valence-corrected chi connectivity index (χ0v) is 17.0. The summed E-state index contributed by atoms with van der Waals surface area (Å²) < 4.78 is 0. The number of hydrogen-bond acceptors (Lipinski definition) is 4. The van der Waals surface area contributed by atoms with E-state index in [1.807, 2.05) is 28.0 Å². The number of anilines is 1. The van der Waals surface area contributed by atoms with Gasteiger partial charge in [-0.1, -0.05) is 31.2 Å². The number of rotatable bonds is 3. The number of piperazine rings is 1. The van der Waals surface area contributed by atoms with Crippen LogP contribution in [0.2, 0.25) is 0 Å². The van der Waals surface area contributed by atoms with Crippen LogP contribution in [0.4, 0.5) is 5.69 Å². The van der Waals surface area contributed by atoms with Crippen LogP contribution in [0.25, 0.3) is 0 Å². The summed E-state index contributed by atoms with van der Waals surface area (Å²) in [6.07, 6.45) is 2.18. The number of nitrogens with zero attached hydrogens (tertiary/aromatic N) is 4. The van der Waals surface area contributed by atoms with Gasteiger partial charge < -0.3 is 14.7 Å². The van der Waals surface area contributed by atoms with Crippen molar-refractivity contribution in [2.75, 3.05) is 44.2 Å². The first kappa shape index (κ1) is 19.4. The second-order valence-electron chi connectivity index (χ2n) is 8.02. The molecule has 2 fully saturated rings. The molecule has 1 aromatic carbocycles. The van der Waals surface area contributed by atoms with Crippen molar-refractivity contribution >= 4 is 17.5 Å². The summed E-state index contributed by atoms with van der Waals surface area (Å²) in [6, 6.07) is 15.4. The first-order valence-electron chi connectivity index (χ1n) is 10.5. The maximum Gasteiger partial charge on any atom is 0.272 e. The van der Waals surface area contributed by atoms with E-state index in [1.54, 1.807) is 18.2 Å². The van der Waals surface area contributed by atoms with E-state index in [0.717, 1.165) is 39.0 Å². The van der Waals surface area contributed by atoms with Gasteiger partial charge in [0.25, 0.3) is 11.8 Å². The summed E-state index contributed by atoms with van der Waals surface area (Å²) in [5, 5.41) is 0. The summed E-state index contributed by atoms with van der Waals surface area (Å²) >= 11 is 0. The highest BCUT2D eigenvalue weighted by Gasteiger charge is 2.26. The molecule has 2 aliphatic rings. The summed E-state index contributed by atoms with van der Waals surface area (Å²) in [5.41, 5.74) is 1.91. The molecule has 2 aliphatic heterocycles. The summed E-state index contributed by atoms with van der Waals surface area (Å²) in [4.78, 5) is 36.2. The lowest BCUT2D eigenvalue weighted by molar-refractivity contribution is 0.0676. The van der Waals surface area contributed by atoms with Crippen molar-refractivity contribution in [1.82, 2.24) is 14.8 Å². The smallest absolute Gasteiger partial charge is 0.272 e. The average molecular weight is 393 g/mol. The van der Waals surface area contributed by atoms with E-state index in [0.29, 0.717) is 30.4 Å². The molecule has 1 unspecified atom stereocenters. The number of hydrogen-bond donors (Lipinski definition) is 0. The SMILES string of the molecule is CC1CCCN(C(=O)c2cccc(C(=O)N3CCN(c4ccccc4)CC3)n2)C1. The van der Waals surface area contributed by atoms with Crippen molar-refractivity contribution < 1.29 is 9.59 Å². The molecule has 0 bridgehead atoms. The molecule has 6 nitrogen and oxygen atoms in total. The molecule has 29 heavy (non-hydrogen) atoms. The Balaban J connectivity index is 1.41. The highest BCUT2D eigenvalue weighted by Crippen LogP contribution is 2.19. The zero-order valence-electron chi connectivity index (χ0n) is 17.0. The second kappa shape index (κ2) is 8.64. The molecule has 0 radical (unpaired) electrons. The molecule has 0 N–H and O–H groups in total. The van der Waals surface area contributed by atoms with Gasteiger partial charge in [0.15, 0.2) is 0 Å². The van der Waals surface area contributed by atoms with Crippen LogP contribution >= 0.6 is 0 Å². The Hall–Kier alpha value is -2.89. The Bertz CT molecular complexity index is 862. The third-order valence-corrected chi connectivity index (χ3v) is 5.82. The molecular weight excluding hydrogens is 364 g/mol. The number of benzene rings is 1. The third kappa shape index (κ3) is 4.42. The summed E-state index contributed by atoms with van der Waals surface area (Å²) in [7, 11) is 0. The number of aromatic nitrogens is 1. The molecular formula is C23H28N4O2. The van der Waals surface area contributed by atoms with Crippen molar-refractivity contribution in [3.8, 4) is 0 Å². The molecule has 0 aliphatic carbocycles. The zero-order chi connectivity index (χ0) is 20.2. The quantitative estimate of drug-likeness (QED) is 0.806. The maximum absolute atomic E-state index is 13.0. The standard InChI is InChI=1S/C23H28N4O2/c1-18-7-6-12-27(17-18)23(29)21-11-5-10-20(24-21)22(28)26-15-13-25(14-16-26)19-8-3-2-4-9-19/h2-5,8-11,18H,6-7,12-17H2,1H3. The predicted molar refractivity (Wildman–Crippen MR) is 113 cm³/mol. The lowest BCUT2D eigenvalue weighted by Gasteiger charge is -2.36. The van der Waals surface area contributed by atoms with Gasteiger partial charge in [-0.2, -0.15) is 0 Å². The van der Waals surface area contributed by atoms with Crippen LogP contribution in [-0.4, -0.2) is 65.9 Å². The van der Waals surface area contributed by atoms with E-state index in [-0.39, 0.29) is 11.8 Å². The molecule has 2 aromatic rings. The van der Waals surface area contributed by atoms with Crippen molar-refractivity contribution in [2.45, 2.75) is 19.8 Å². The van der Waals surface area contributed by atoms with Gasteiger partial charge in [0.05, 0.1) is 0 Å². The summed E-state index contributed by atoms with van der Waals surface area (Å²) in [6.45, 7) is 6.58. The summed E-state index contributed by atoms with van der Waals surface area (Å²) in [5.74, 6) is 0.345. The Morgan fingerprint density at radius 1 is 0.828 bits per heavy atom. The molecule has 4 rings (SSSR count). The Kier molecular flexibility index (Phi) is 5.79. The van der Waals surface area contributed by atoms with Crippen LogP contribution < -0.4 is 4.90 Å². The van der Waals surface area contributed by atoms with Crippen LogP contribution in [0, 0.1) is 5.92 Å². The Labute approximate surface area is 172 Å². The molecule has 6 heteroatoms. The van der Waals surface area contributed by atoms with Gasteiger partial charge in [0, 0.05) is 45.0 Å². The lowest BCUT2D eigenvalue weighted by atomic mass is 10.00. The van der Waals surface area contributed by atoms with E-state index < -0.39 is 0 Å². The lowest BCUT2D eigenvalue weighted by Crippen LogP contribution is -2.49. The maximum atomic E-state index is 13.0. The van der Waals surface area contributed by atoms with Gasteiger partial charge in [-0.05, 0) is 43.0 Å². The van der Waals surface area contributed by atoms with Crippen molar-refractivity contribution in [3.63, 3.8) is 0 Å². The van der Waals surface area contributed by atoms with Gasteiger partial charge in [-0.25, -0.2) is 4.98 Å². The second-order valence-corrected chi connectivity index (χ2v) is 8.02. The fourth-order valence-corrected chi connectivity index (χ4v) is 4.18. The van der Waals surface area contributed by atoms with Crippen LogP contribution in [0.3, 0.4) is 0 Å². The van der Waals surface area contributed by atoms with Crippen molar-refractivity contribution in [1.29, 1.82) is 0 Å². The number of carbonyl (C=O) groups is 2. The first-order valence-corrected chi connectivity index (χ1v) is 10.5. The van der Waals surface area contributed by atoms with E-state index in [1.165, 1.54) is 5.69 Å². The fraction of sp³-hybridized carbons (Fsp3) is 0.435. The van der Waals surface area contributed by atoms with Crippen LogP contribution in [0.15, 0.2) is 48.5 Å².